The van der Waals surface area contributed by atoms with Gasteiger partial charge in [0, 0.05) is 26.0 Å². The predicted octanol–water partition coefficient (Wildman–Crippen LogP) is 1.70. The summed E-state index contributed by atoms with van der Waals surface area (Å²) in [6, 6.07) is 5.57. The van der Waals surface area contributed by atoms with Gasteiger partial charge in [0.25, 0.3) is 5.91 Å². The molecule has 0 radical (unpaired) electrons. The SMILES string of the molecule is CN(CC1CCCNC1)C(=O)c1cccc2nccnc12. The van der Waals surface area contributed by atoms with Crippen molar-refractivity contribution in [3.63, 3.8) is 0 Å². The van der Waals surface area contributed by atoms with Gasteiger partial charge in [0.05, 0.1) is 11.1 Å². The maximum absolute atomic E-state index is 12.7. The zero-order valence-electron chi connectivity index (χ0n) is 12.2. The van der Waals surface area contributed by atoms with Gasteiger partial charge in [-0.25, -0.2) is 0 Å². The van der Waals surface area contributed by atoms with Crippen molar-refractivity contribution in [3.8, 4) is 0 Å². The molecule has 1 fully saturated rings. The number of hydrogen-bond donors (Lipinski definition) is 1. The minimum Gasteiger partial charge on any atom is -0.341 e. The predicted molar refractivity (Wildman–Crippen MR) is 82.1 cm³/mol. The van der Waals surface area contributed by atoms with E-state index in [0.29, 0.717) is 17.0 Å². The third kappa shape index (κ3) is 3.03. The minimum atomic E-state index is 0.0201. The summed E-state index contributed by atoms with van der Waals surface area (Å²) in [7, 11) is 1.87. The van der Waals surface area contributed by atoms with Crippen LogP contribution in [0.3, 0.4) is 0 Å². The van der Waals surface area contributed by atoms with E-state index in [2.05, 4.69) is 15.3 Å². The van der Waals surface area contributed by atoms with E-state index >= 15 is 0 Å². The lowest BCUT2D eigenvalue weighted by Gasteiger charge is -2.27. The highest BCUT2D eigenvalue weighted by molar-refractivity contribution is 6.04. The minimum absolute atomic E-state index is 0.0201. The maximum atomic E-state index is 12.7. The fraction of sp³-hybridized carbons (Fsp3) is 0.438. The van der Waals surface area contributed by atoms with Crippen LogP contribution in [0.2, 0.25) is 0 Å². The van der Waals surface area contributed by atoms with Crippen LogP contribution in [-0.4, -0.2) is 47.5 Å². The first-order valence-corrected chi connectivity index (χ1v) is 7.41. The summed E-state index contributed by atoms with van der Waals surface area (Å²) in [6.45, 7) is 2.86. The largest absolute Gasteiger partial charge is 0.341 e. The first-order chi connectivity index (χ1) is 10.3. The Morgan fingerprint density at radius 2 is 2.24 bits per heavy atom. The summed E-state index contributed by atoms with van der Waals surface area (Å²) >= 11 is 0. The first-order valence-electron chi connectivity index (χ1n) is 7.41. The highest BCUT2D eigenvalue weighted by Crippen LogP contribution is 2.17. The Kier molecular flexibility index (Phi) is 4.10. The Morgan fingerprint density at radius 3 is 3.05 bits per heavy atom. The number of aromatic nitrogens is 2. The Bertz CT molecular complexity index is 632. The Hall–Kier alpha value is -2.01. The quantitative estimate of drug-likeness (QED) is 0.932. The van der Waals surface area contributed by atoms with Crippen molar-refractivity contribution in [1.82, 2.24) is 20.2 Å². The van der Waals surface area contributed by atoms with Crippen LogP contribution in [0.5, 0.6) is 0 Å². The van der Waals surface area contributed by atoms with Crippen LogP contribution in [-0.2, 0) is 0 Å². The standard InChI is InChI=1S/C16H20N4O/c1-20(11-12-4-3-7-17-10-12)16(21)13-5-2-6-14-15(13)19-9-8-18-14/h2,5-6,8-9,12,17H,3-4,7,10-11H2,1H3. The normalized spacial score (nSPS) is 18.6. The van der Waals surface area contributed by atoms with Gasteiger partial charge in [0.1, 0.15) is 5.52 Å². The van der Waals surface area contributed by atoms with Gasteiger partial charge in [-0.1, -0.05) is 6.07 Å². The number of rotatable bonds is 3. The number of benzene rings is 1. The second-order valence-corrected chi connectivity index (χ2v) is 5.63. The molecule has 2 aromatic rings. The van der Waals surface area contributed by atoms with Crippen molar-refractivity contribution in [1.29, 1.82) is 0 Å². The maximum Gasteiger partial charge on any atom is 0.255 e. The van der Waals surface area contributed by atoms with E-state index in [0.717, 1.165) is 25.2 Å². The molecule has 0 aliphatic carbocycles. The average Bonchev–Trinajstić information content (AvgIpc) is 2.54. The molecule has 110 valence electrons. The van der Waals surface area contributed by atoms with Crippen molar-refractivity contribution in [3.05, 3.63) is 36.2 Å². The average molecular weight is 284 g/mol. The second kappa shape index (κ2) is 6.18. The Labute approximate surface area is 124 Å². The molecular formula is C16H20N4O. The number of nitrogens with zero attached hydrogens (tertiary/aromatic N) is 3. The molecule has 0 spiro atoms. The van der Waals surface area contributed by atoms with Crippen molar-refractivity contribution in [2.45, 2.75) is 12.8 Å². The van der Waals surface area contributed by atoms with Crippen LogP contribution in [0.15, 0.2) is 30.6 Å². The van der Waals surface area contributed by atoms with E-state index in [9.17, 15) is 4.79 Å². The molecule has 0 saturated carbocycles. The molecule has 1 aliphatic heterocycles. The number of para-hydroxylation sites is 1. The number of carbonyl (C=O) groups excluding carboxylic acids is 1. The van der Waals surface area contributed by atoms with E-state index in [1.165, 1.54) is 12.8 Å². The van der Waals surface area contributed by atoms with Gasteiger partial charge in [-0.3, -0.25) is 14.8 Å². The first kappa shape index (κ1) is 13.9. The highest BCUT2D eigenvalue weighted by atomic mass is 16.2. The van der Waals surface area contributed by atoms with Crippen LogP contribution in [0.25, 0.3) is 11.0 Å². The second-order valence-electron chi connectivity index (χ2n) is 5.63. The summed E-state index contributed by atoms with van der Waals surface area (Å²) in [5.74, 6) is 0.556. The highest BCUT2D eigenvalue weighted by Gasteiger charge is 2.20. The van der Waals surface area contributed by atoms with Crippen LogP contribution >= 0.6 is 0 Å². The van der Waals surface area contributed by atoms with E-state index in [1.54, 1.807) is 17.3 Å². The summed E-state index contributed by atoms with van der Waals surface area (Å²) < 4.78 is 0. The van der Waals surface area contributed by atoms with Crippen LogP contribution < -0.4 is 5.32 Å². The van der Waals surface area contributed by atoms with Gasteiger partial charge < -0.3 is 10.2 Å². The van der Waals surface area contributed by atoms with Gasteiger partial charge in [-0.15, -0.1) is 0 Å². The lowest BCUT2D eigenvalue weighted by Crippen LogP contribution is -2.39. The van der Waals surface area contributed by atoms with Gasteiger partial charge in [-0.05, 0) is 44.0 Å². The molecule has 5 heteroatoms. The topological polar surface area (TPSA) is 58.1 Å². The van der Waals surface area contributed by atoms with Crippen molar-refractivity contribution >= 4 is 16.9 Å². The molecule has 3 rings (SSSR count). The monoisotopic (exact) mass is 284 g/mol. The lowest BCUT2D eigenvalue weighted by atomic mass is 9.99. The fourth-order valence-corrected chi connectivity index (χ4v) is 2.92. The zero-order valence-corrected chi connectivity index (χ0v) is 12.2. The third-order valence-corrected chi connectivity index (χ3v) is 4.01. The molecule has 1 unspecified atom stereocenters. The number of amides is 1. The fourth-order valence-electron chi connectivity index (χ4n) is 2.92. The number of hydrogen-bond acceptors (Lipinski definition) is 4. The zero-order chi connectivity index (χ0) is 14.7. The Morgan fingerprint density at radius 1 is 1.38 bits per heavy atom. The van der Waals surface area contributed by atoms with E-state index in [-0.39, 0.29) is 5.91 Å². The molecule has 1 aromatic heterocycles. The summed E-state index contributed by atoms with van der Waals surface area (Å²) in [6.07, 6.45) is 5.64. The summed E-state index contributed by atoms with van der Waals surface area (Å²) in [5, 5.41) is 3.39. The van der Waals surface area contributed by atoms with Crippen LogP contribution in [0, 0.1) is 5.92 Å². The molecule has 1 N–H and O–H groups in total. The molecular weight excluding hydrogens is 264 g/mol. The molecule has 1 amide bonds. The van der Waals surface area contributed by atoms with Crippen molar-refractivity contribution in [2.75, 3.05) is 26.7 Å². The molecule has 1 atom stereocenters. The molecule has 1 saturated heterocycles. The molecule has 2 heterocycles. The van der Waals surface area contributed by atoms with Crippen LogP contribution in [0.1, 0.15) is 23.2 Å². The van der Waals surface area contributed by atoms with Gasteiger partial charge in [0.15, 0.2) is 0 Å². The van der Waals surface area contributed by atoms with Crippen molar-refractivity contribution < 1.29 is 4.79 Å². The smallest absolute Gasteiger partial charge is 0.255 e. The summed E-state index contributed by atoms with van der Waals surface area (Å²) in [5.41, 5.74) is 2.07. The van der Waals surface area contributed by atoms with Gasteiger partial charge in [0.2, 0.25) is 0 Å². The summed E-state index contributed by atoms with van der Waals surface area (Å²) in [4.78, 5) is 23.0. The van der Waals surface area contributed by atoms with Crippen LogP contribution in [0.4, 0.5) is 0 Å². The molecule has 0 bridgehead atoms. The third-order valence-electron chi connectivity index (χ3n) is 4.01. The van der Waals surface area contributed by atoms with Crippen molar-refractivity contribution in [2.24, 2.45) is 5.92 Å². The van der Waals surface area contributed by atoms with E-state index in [1.807, 2.05) is 25.2 Å². The lowest BCUT2D eigenvalue weighted by molar-refractivity contribution is 0.0766. The molecule has 5 nitrogen and oxygen atoms in total. The number of carbonyl (C=O) groups is 1. The van der Waals surface area contributed by atoms with Gasteiger partial charge >= 0.3 is 0 Å². The number of piperidine rings is 1. The van der Waals surface area contributed by atoms with Gasteiger partial charge in [-0.2, -0.15) is 0 Å². The van der Waals surface area contributed by atoms with E-state index < -0.39 is 0 Å². The molecule has 21 heavy (non-hydrogen) atoms. The Balaban J connectivity index is 1.79. The van der Waals surface area contributed by atoms with E-state index in [4.69, 9.17) is 0 Å². The number of fused-ring (bicyclic) bond motifs is 1. The molecule has 1 aromatic carbocycles. The molecule has 1 aliphatic rings. The number of nitrogens with one attached hydrogen (secondary N) is 1.